The molecule has 2 N–H and O–H groups in total. The minimum atomic E-state index is -0.413. The molecule has 0 unspecified atom stereocenters. The second-order valence-electron chi connectivity index (χ2n) is 7.53. The second-order valence-corrected chi connectivity index (χ2v) is 8.34. The summed E-state index contributed by atoms with van der Waals surface area (Å²) in [4.78, 5) is 27.3. The van der Waals surface area contributed by atoms with E-state index in [0.717, 1.165) is 13.1 Å². The number of hydrogen-bond donors (Lipinski definition) is 2. The minimum absolute atomic E-state index is 0.102. The highest BCUT2D eigenvalue weighted by Gasteiger charge is 2.25. The molecule has 0 atom stereocenters. The van der Waals surface area contributed by atoms with Crippen molar-refractivity contribution in [2.45, 2.75) is 6.92 Å². The first-order chi connectivity index (χ1) is 15.9. The van der Waals surface area contributed by atoms with E-state index in [1.807, 2.05) is 4.90 Å². The largest absolute Gasteiger partial charge is 0.379 e. The standard InChI is InChI=1S/C23H22Cl2N4O4/c1-14-20(22(28-33-14)21-17(24)3-2-4-18(21)25)23(31)27-16-7-5-15(6-8-16)26-19(30)13-29-9-11-32-12-10-29/h2-8H,9-13H2,1H3,(H,26,30)(H,27,31). The van der Waals surface area contributed by atoms with Crippen molar-refractivity contribution in [1.29, 1.82) is 0 Å². The molecule has 2 heterocycles. The lowest BCUT2D eigenvalue weighted by molar-refractivity contribution is -0.118. The van der Waals surface area contributed by atoms with Crippen LogP contribution in [-0.2, 0) is 9.53 Å². The third-order valence-corrected chi connectivity index (χ3v) is 5.82. The first kappa shape index (κ1) is 23.3. The Morgan fingerprint density at radius 2 is 1.61 bits per heavy atom. The third kappa shape index (κ3) is 5.54. The molecule has 4 rings (SSSR count). The van der Waals surface area contributed by atoms with Gasteiger partial charge in [-0.15, -0.1) is 0 Å². The van der Waals surface area contributed by atoms with E-state index in [0.29, 0.717) is 52.5 Å². The summed E-state index contributed by atoms with van der Waals surface area (Å²) < 4.78 is 10.5. The Morgan fingerprint density at radius 3 is 2.24 bits per heavy atom. The van der Waals surface area contributed by atoms with Crippen LogP contribution < -0.4 is 10.6 Å². The molecule has 1 fully saturated rings. The van der Waals surface area contributed by atoms with E-state index in [1.54, 1.807) is 49.4 Å². The Hall–Kier alpha value is -2.91. The predicted octanol–water partition coefficient (Wildman–Crippen LogP) is 4.48. The van der Waals surface area contributed by atoms with Crippen molar-refractivity contribution in [2.24, 2.45) is 0 Å². The Bertz CT molecular complexity index is 1140. The van der Waals surface area contributed by atoms with Crippen molar-refractivity contribution in [3.8, 4) is 11.3 Å². The molecule has 1 aliphatic rings. The number of nitrogens with zero attached hydrogens (tertiary/aromatic N) is 2. The molecule has 8 nitrogen and oxygen atoms in total. The van der Waals surface area contributed by atoms with Crippen LogP contribution in [0, 0.1) is 6.92 Å². The SMILES string of the molecule is Cc1onc(-c2c(Cl)cccc2Cl)c1C(=O)Nc1ccc(NC(=O)CN2CCOCC2)cc1. The van der Waals surface area contributed by atoms with Gasteiger partial charge in [0.2, 0.25) is 5.91 Å². The normalized spacial score (nSPS) is 14.2. The Morgan fingerprint density at radius 1 is 1.00 bits per heavy atom. The van der Waals surface area contributed by atoms with Crippen molar-refractivity contribution in [3.63, 3.8) is 0 Å². The maximum atomic E-state index is 13.0. The van der Waals surface area contributed by atoms with Crippen LogP contribution in [0.3, 0.4) is 0 Å². The van der Waals surface area contributed by atoms with Crippen LogP contribution >= 0.6 is 23.2 Å². The van der Waals surface area contributed by atoms with Gasteiger partial charge >= 0.3 is 0 Å². The van der Waals surface area contributed by atoms with E-state index in [-0.39, 0.29) is 17.2 Å². The summed E-state index contributed by atoms with van der Waals surface area (Å²) in [5.74, 6) is -0.177. The number of aromatic nitrogens is 1. The molecule has 0 radical (unpaired) electrons. The lowest BCUT2D eigenvalue weighted by atomic mass is 10.1. The summed E-state index contributed by atoms with van der Waals surface area (Å²) in [6.07, 6.45) is 0. The molecule has 1 saturated heterocycles. The van der Waals surface area contributed by atoms with E-state index < -0.39 is 5.91 Å². The van der Waals surface area contributed by atoms with Crippen LogP contribution in [0.2, 0.25) is 10.0 Å². The number of halogens is 2. The van der Waals surface area contributed by atoms with Gasteiger partial charge in [-0.3, -0.25) is 14.5 Å². The van der Waals surface area contributed by atoms with Gasteiger partial charge in [0.15, 0.2) is 0 Å². The summed E-state index contributed by atoms with van der Waals surface area (Å²) in [6.45, 7) is 4.70. The monoisotopic (exact) mass is 488 g/mol. The third-order valence-electron chi connectivity index (χ3n) is 5.19. The number of hydrogen-bond acceptors (Lipinski definition) is 6. The molecule has 0 aliphatic carbocycles. The van der Waals surface area contributed by atoms with Gasteiger partial charge in [-0.05, 0) is 43.3 Å². The molecule has 1 aliphatic heterocycles. The molecule has 3 aromatic rings. The summed E-state index contributed by atoms with van der Waals surface area (Å²) in [5, 5.41) is 10.4. The molecule has 2 amide bonds. The van der Waals surface area contributed by atoms with Crippen LogP contribution in [0.1, 0.15) is 16.1 Å². The number of amides is 2. The molecular formula is C23H22Cl2N4O4. The van der Waals surface area contributed by atoms with Gasteiger partial charge in [0, 0.05) is 30.0 Å². The van der Waals surface area contributed by atoms with E-state index in [2.05, 4.69) is 15.8 Å². The molecule has 2 aromatic carbocycles. The Kier molecular flexibility index (Phi) is 7.29. The molecule has 33 heavy (non-hydrogen) atoms. The highest BCUT2D eigenvalue weighted by atomic mass is 35.5. The average Bonchev–Trinajstić information content (AvgIpc) is 3.16. The number of nitrogens with one attached hydrogen (secondary N) is 2. The van der Waals surface area contributed by atoms with Crippen LogP contribution in [-0.4, -0.2) is 54.7 Å². The van der Waals surface area contributed by atoms with Crippen LogP contribution in [0.5, 0.6) is 0 Å². The molecule has 0 saturated carbocycles. The number of ether oxygens (including phenoxy) is 1. The first-order valence-corrected chi connectivity index (χ1v) is 11.1. The van der Waals surface area contributed by atoms with Gasteiger partial charge in [-0.25, -0.2) is 0 Å². The van der Waals surface area contributed by atoms with Crippen molar-refractivity contribution in [3.05, 3.63) is 63.8 Å². The highest BCUT2D eigenvalue weighted by molar-refractivity contribution is 6.39. The van der Waals surface area contributed by atoms with Crippen LogP contribution in [0.4, 0.5) is 11.4 Å². The van der Waals surface area contributed by atoms with Gasteiger partial charge in [-0.1, -0.05) is 34.4 Å². The maximum Gasteiger partial charge on any atom is 0.261 e. The topological polar surface area (TPSA) is 96.7 Å². The van der Waals surface area contributed by atoms with Crippen LogP contribution in [0.25, 0.3) is 11.3 Å². The maximum absolute atomic E-state index is 13.0. The van der Waals surface area contributed by atoms with Crippen LogP contribution in [0.15, 0.2) is 47.0 Å². The number of morpholine rings is 1. The zero-order chi connectivity index (χ0) is 23.4. The Balaban J connectivity index is 1.43. The molecular weight excluding hydrogens is 467 g/mol. The van der Waals surface area contributed by atoms with E-state index >= 15 is 0 Å². The summed E-state index contributed by atoms with van der Waals surface area (Å²) in [7, 11) is 0. The fourth-order valence-corrected chi connectivity index (χ4v) is 4.10. The summed E-state index contributed by atoms with van der Waals surface area (Å²) >= 11 is 12.6. The lowest BCUT2D eigenvalue weighted by Gasteiger charge is -2.25. The molecule has 0 spiro atoms. The summed E-state index contributed by atoms with van der Waals surface area (Å²) in [5.41, 5.74) is 2.13. The summed E-state index contributed by atoms with van der Waals surface area (Å²) in [6, 6.07) is 11.9. The number of anilines is 2. The number of carbonyl (C=O) groups is 2. The highest BCUT2D eigenvalue weighted by Crippen LogP contribution is 2.37. The van der Waals surface area contributed by atoms with Gasteiger partial charge < -0.3 is 19.9 Å². The Labute approximate surface area is 200 Å². The average molecular weight is 489 g/mol. The zero-order valence-corrected chi connectivity index (χ0v) is 19.4. The quantitative estimate of drug-likeness (QED) is 0.530. The van der Waals surface area contributed by atoms with Crippen molar-refractivity contribution < 1.29 is 18.8 Å². The minimum Gasteiger partial charge on any atom is -0.379 e. The van der Waals surface area contributed by atoms with Gasteiger partial charge in [0.1, 0.15) is 17.0 Å². The van der Waals surface area contributed by atoms with Crippen molar-refractivity contribution in [2.75, 3.05) is 43.5 Å². The van der Waals surface area contributed by atoms with E-state index in [1.165, 1.54) is 0 Å². The number of benzene rings is 2. The van der Waals surface area contributed by atoms with Gasteiger partial charge in [0.25, 0.3) is 5.91 Å². The molecule has 172 valence electrons. The fraction of sp³-hybridized carbons (Fsp3) is 0.261. The fourth-order valence-electron chi connectivity index (χ4n) is 3.53. The zero-order valence-electron chi connectivity index (χ0n) is 17.9. The number of aryl methyl sites for hydroxylation is 1. The second kappa shape index (κ2) is 10.4. The van der Waals surface area contributed by atoms with Crippen molar-refractivity contribution >= 4 is 46.4 Å². The number of rotatable bonds is 6. The van der Waals surface area contributed by atoms with Gasteiger partial charge in [-0.2, -0.15) is 0 Å². The predicted molar refractivity (Wildman–Crippen MR) is 127 cm³/mol. The van der Waals surface area contributed by atoms with E-state index in [9.17, 15) is 9.59 Å². The molecule has 0 bridgehead atoms. The van der Waals surface area contributed by atoms with Crippen molar-refractivity contribution in [1.82, 2.24) is 10.1 Å². The first-order valence-electron chi connectivity index (χ1n) is 10.3. The van der Waals surface area contributed by atoms with E-state index in [4.69, 9.17) is 32.5 Å². The number of carbonyl (C=O) groups excluding carboxylic acids is 2. The lowest BCUT2D eigenvalue weighted by Crippen LogP contribution is -2.41. The smallest absolute Gasteiger partial charge is 0.261 e. The van der Waals surface area contributed by atoms with Gasteiger partial charge in [0.05, 0.1) is 29.8 Å². The molecule has 10 heteroatoms. The molecule has 1 aromatic heterocycles.